The molecule has 1 fully saturated rings. The van der Waals surface area contributed by atoms with Gasteiger partial charge in [-0.25, -0.2) is 4.98 Å². The van der Waals surface area contributed by atoms with Crippen molar-refractivity contribution < 1.29 is 19.0 Å². The van der Waals surface area contributed by atoms with Crippen LogP contribution in [0.1, 0.15) is 60.1 Å². The van der Waals surface area contributed by atoms with E-state index in [9.17, 15) is 4.79 Å². The Morgan fingerprint density at radius 2 is 1.54 bits per heavy atom. The largest absolute Gasteiger partial charge is 0.493 e. The predicted octanol–water partition coefficient (Wildman–Crippen LogP) is 10.6. The molecule has 4 aromatic carbocycles. The maximum Gasteiger partial charge on any atom is 0.249 e. The molecule has 0 aliphatic carbocycles. The standard InChI is InChI=1S/C45H47Cl2N3O4/c1-31(2)37-13-15-39(16-14-37)52-24-19-34-9-11-35(12-10-34)29-49-20-22-50(23-21-49)45(51)33(4)26-36-25-32(3)44(42(47)27-36)54-43-18-17-40(28-48-43)53-30-38-7-5-6-8-41(38)46/h5-18,25-28,31H,19-24,29-30H2,1-4H3. The summed E-state index contributed by atoms with van der Waals surface area (Å²) in [5.74, 6) is 2.96. The minimum Gasteiger partial charge on any atom is -0.493 e. The molecule has 1 amide bonds. The molecule has 5 aromatic rings. The van der Waals surface area contributed by atoms with Crippen LogP contribution in [-0.2, 0) is 24.4 Å². The molecule has 1 saturated heterocycles. The molecule has 0 saturated carbocycles. The summed E-state index contributed by atoms with van der Waals surface area (Å²) in [6.45, 7) is 13.0. The van der Waals surface area contributed by atoms with Crippen LogP contribution in [0.4, 0.5) is 0 Å². The number of carbonyl (C=O) groups excluding carboxylic acids is 1. The molecule has 1 aliphatic rings. The molecule has 9 heteroatoms. The number of amides is 1. The van der Waals surface area contributed by atoms with Gasteiger partial charge < -0.3 is 19.1 Å². The van der Waals surface area contributed by atoms with Gasteiger partial charge in [-0.05, 0) is 90.1 Å². The van der Waals surface area contributed by atoms with E-state index in [0.29, 0.717) is 65.2 Å². The van der Waals surface area contributed by atoms with Crippen molar-refractivity contribution in [2.45, 2.75) is 53.2 Å². The van der Waals surface area contributed by atoms with Gasteiger partial charge in [0.25, 0.3) is 0 Å². The fourth-order valence-electron chi connectivity index (χ4n) is 6.34. The third kappa shape index (κ3) is 10.7. The van der Waals surface area contributed by atoms with Crippen molar-refractivity contribution in [2.75, 3.05) is 32.8 Å². The SMILES string of the molecule is CC(=Cc1cc(C)c(Oc2ccc(OCc3ccccc3Cl)cn2)c(Cl)c1)C(=O)N1CCN(Cc2ccc(CCOc3ccc(C(C)C)cc3)cc2)CC1. The van der Waals surface area contributed by atoms with Crippen LogP contribution in [0.25, 0.3) is 6.08 Å². The number of aryl methyl sites for hydroxylation is 1. The van der Waals surface area contributed by atoms with Crippen molar-refractivity contribution in [3.05, 3.63) is 152 Å². The van der Waals surface area contributed by atoms with Gasteiger partial charge in [-0.1, -0.05) is 91.6 Å². The van der Waals surface area contributed by atoms with Gasteiger partial charge in [0, 0.05) is 61.4 Å². The number of carbonyl (C=O) groups is 1. The summed E-state index contributed by atoms with van der Waals surface area (Å²) in [6.07, 6.45) is 4.35. The van der Waals surface area contributed by atoms with E-state index in [0.717, 1.165) is 48.5 Å². The third-order valence-electron chi connectivity index (χ3n) is 9.54. The van der Waals surface area contributed by atoms with Gasteiger partial charge in [0.15, 0.2) is 5.75 Å². The second-order valence-corrected chi connectivity index (χ2v) is 14.8. The zero-order valence-corrected chi connectivity index (χ0v) is 32.9. The number of aromatic nitrogens is 1. The zero-order chi connectivity index (χ0) is 38.0. The highest BCUT2D eigenvalue weighted by Crippen LogP contribution is 2.34. The van der Waals surface area contributed by atoms with E-state index in [1.54, 1.807) is 18.3 Å². The molecule has 0 spiro atoms. The molecule has 0 unspecified atom stereocenters. The number of benzene rings is 4. The fourth-order valence-corrected chi connectivity index (χ4v) is 6.84. The van der Waals surface area contributed by atoms with Gasteiger partial charge >= 0.3 is 0 Å². The first-order valence-electron chi connectivity index (χ1n) is 18.4. The molecule has 7 nitrogen and oxygen atoms in total. The lowest BCUT2D eigenvalue weighted by Crippen LogP contribution is -2.48. The van der Waals surface area contributed by atoms with Gasteiger partial charge in [-0.2, -0.15) is 0 Å². The molecule has 280 valence electrons. The highest BCUT2D eigenvalue weighted by Gasteiger charge is 2.22. The van der Waals surface area contributed by atoms with E-state index in [2.05, 4.69) is 72.3 Å². The number of piperazine rings is 1. The number of ether oxygens (including phenoxy) is 3. The van der Waals surface area contributed by atoms with Crippen LogP contribution in [-0.4, -0.2) is 53.5 Å². The summed E-state index contributed by atoms with van der Waals surface area (Å²) in [7, 11) is 0. The summed E-state index contributed by atoms with van der Waals surface area (Å²) < 4.78 is 17.8. The average Bonchev–Trinajstić information content (AvgIpc) is 3.17. The smallest absolute Gasteiger partial charge is 0.249 e. The summed E-state index contributed by atoms with van der Waals surface area (Å²) in [5.41, 5.74) is 7.07. The van der Waals surface area contributed by atoms with Gasteiger partial charge in [0.2, 0.25) is 11.8 Å². The van der Waals surface area contributed by atoms with Gasteiger partial charge in [-0.3, -0.25) is 9.69 Å². The monoisotopic (exact) mass is 763 g/mol. The quantitative estimate of drug-likeness (QED) is 0.105. The van der Waals surface area contributed by atoms with Crippen molar-refractivity contribution in [2.24, 2.45) is 0 Å². The van der Waals surface area contributed by atoms with Crippen LogP contribution < -0.4 is 14.2 Å². The Bertz CT molecular complexity index is 2020. The maximum atomic E-state index is 13.4. The van der Waals surface area contributed by atoms with E-state index >= 15 is 0 Å². The minimum atomic E-state index is 0.0345. The molecular formula is C45H47Cl2N3O4. The molecular weight excluding hydrogens is 717 g/mol. The lowest BCUT2D eigenvalue weighted by molar-refractivity contribution is -0.128. The number of hydrogen-bond donors (Lipinski definition) is 0. The van der Waals surface area contributed by atoms with E-state index in [1.165, 1.54) is 16.7 Å². The number of hydrogen-bond acceptors (Lipinski definition) is 6. The molecule has 1 aromatic heterocycles. The van der Waals surface area contributed by atoms with Gasteiger partial charge in [0.1, 0.15) is 18.1 Å². The first-order chi connectivity index (χ1) is 26.1. The number of pyridine rings is 1. The minimum absolute atomic E-state index is 0.0345. The zero-order valence-electron chi connectivity index (χ0n) is 31.4. The first kappa shape index (κ1) is 38.9. The van der Waals surface area contributed by atoms with Crippen LogP contribution in [0.3, 0.4) is 0 Å². The Morgan fingerprint density at radius 3 is 2.20 bits per heavy atom. The van der Waals surface area contributed by atoms with Crippen molar-refractivity contribution in [3.63, 3.8) is 0 Å². The Balaban J connectivity index is 0.947. The normalized spacial score (nSPS) is 13.6. The summed E-state index contributed by atoms with van der Waals surface area (Å²) in [6, 6.07) is 32.0. The van der Waals surface area contributed by atoms with Crippen molar-refractivity contribution in [1.82, 2.24) is 14.8 Å². The van der Waals surface area contributed by atoms with E-state index in [-0.39, 0.29) is 5.91 Å². The third-order valence-corrected chi connectivity index (χ3v) is 10.2. The molecule has 0 bridgehead atoms. The first-order valence-corrected chi connectivity index (χ1v) is 19.2. The van der Waals surface area contributed by atoms with E-state index < -0.39 is 0 Å². The predicted molar refractivity (Wildman–Crippen MR) is 218 cm³/mol. The van der Waals surface area contributed by atoms with Crippen molar-refractivity contribution in [1.29, 1.82) is 0 Å². The Labute approximate surface area is 329 Å². The second kappa shape index (κ2) is 18.5. The molecule has 2 heterocycles. The maximum absolute atomic E-state index is 13.4. The van der Waals surface area contributed by atoms with Crippen LogP contribution >= 0.6 is 23.2 Å². The molecule has 0 N–H and O–H groups in total. The van der Waals surface area contributed by atoms with Crippen molar-refractivity contribution >= 4 is 35.2 Å². The van der Waals surface area contributed by atoms with Crippen molar-refractivity contribution in [3.8, 4) is 23.1 Å². The highest BCUT2D eigenvalue weighted by atomic mass is 35.5. The lowest BCUT2D eigenvalue weighted by Gasteiger charge is -2.35. The van der Waals surface area contributed by atoms with Crippen LogP contribution in [0, 0.1) is 6.92 Å². The van der Waals surface area contributed by atoms with Crippen LogP contribution in [0.15, 0.2) is 109 Å². The average molecular weight is 765 g/mol. The lowest BCUT2D eigenvalue weighted by atomic mass is 10.0. The second-order valence-electron chi connectivity index (χ2n) is 14.0. The number of halogens is 2. The Kier molecular flexibility index (Phi) is 13.3. The van der Waals surface area contributed by atoms with Gasteiger partial charge in [-0.15, -0.1) is 0 Å². The molecule has 1 aliphatic heterocycles. The number of nitrogens with zero attached hydrogens (tertiary/aromatic N) is 3. The van der Waals surface area contributed by atoms with Crippen LogP contribution in [0.5, 0.6) is 23.1 Å². The van der Waals surface area contributed by atoms with E-state index in [1.807, 2.05) is 61.2 Å². The van der Waals surface area contributed by atoms with Crippen LogP contribution in [0.2, 0.25) is 10.0 Å². The fraction of sp³-hybridized carbons (Fsp3) is 0.289. The molecule has 0 atom stereocenters. The Morgan fingerprint density at radius 1 is 0.833 bits per heavy atom. The summed E-state index contributed by atoms with van der Waals surface area (Å²) in [5, 5.41) is 1.09. The highest BCUT2D eigenvalue weighted by molar-refractivity contribution is 6.32. The summed E-state index contributed by atoms with van der Waals surface area (Å²) in [4.78, 5) is 22.1. The van der Waals surface area contributed by atoms with E-state index in [4.69, 9.17) is 37.4 Å². The molecule has 54 heavy (non-hydrogen) atoms. The summed E-state index contributed by atoms with van der Waals surface area (Å²) >= 11 is 12.9. The topological polar surface area (TPSA) is 64.1 Å². The molecule has 0 radical (unpaired) electrons. The molecule has 6 rings (SSSR count). The Hall–Kier alpha value is -4.82. The number of rotatable bonds is 14. The van der Waals surface area contributed by atoms with Gasteiger partial charge in [0.05, 0.1) is 17.8 Å².